The summed E-state index contributed by atoms with van der Waals surface area (Å²) >= 11 is 0. The molecule has 0 aliphatic carbocycles. The molecule has 2 unspecified atom stereocenters. The van der Waals surface area contributed by atoms with Crippen molar-refractivity contribution in [3.05, 3.63) is 63.2 Å². The van der Waals surface area contributed by atoms with Gasteiger partial charge < -0.3 is 9.47 Å². The van der Waals surface area contributed by atoms with Crippen molar-refractivity contribution >= 4 is 5.69 Å². The Labute approximate surface area is 138 Å². The Hall–Kier alpha value is -3.07. The summed E-state index contributed by atoms with van der Waals surface area (Å²) in [6, 6.07) is 12.4. The Morgan fingerprint density at radius 1 is 1.29 bits per heavy atom. The van der Waals surface area contributed by atoms with Gasteiger partial charge in [0, 0.05) is 11.6 Å². The molecule has 2 heterocycles. The van der Waals surface area contributed by atoms with Crippen molar-refractivity contribution in [2.24, 2.45) is 0 Å². The Bertz CT molecular complexity index is 916. The lowest BCUT2D eigenvalue weighted by Crippen LogP contribution is -2.31. The first-order chi connectivity index (χ1) is 11.5. The molecule has 0 saturated carbocycles. The van der Waals surface area contributed by atoms with Gasteiger partial charge in [-0.05, 0) is 23.6 Å². The minimum Gasteiger partial charge on any atom is -0.479 e. The van der Waals surface area contributed by atoms with Crippen molar-refractivity contribution in [1.82, 2.24) is 0 Å². The van der Waals surface area contributed by atoms with Crippen LogP contribution >= 0.6 is 0 Å². The van der Waals surface area contributed by atoms with Crippen molar-refractivity contribution in [3.8, 4) is 17.6 Å². The molecule has 0 amide bonds. The van der Waals surface area contributed by atoms with Crippen molar-refractivity contribution in [2.75, 3.05) is 0 Å². The molecule has 6 heteroatoms. The monoisotopic (exact) mass is 322 g/mol. The third kappa shape index (κ3) is 1.69. The van der Waals surface area contributed by atoms with E-state index in [1.807, 2.05) is 18.2 Å². The fourth-order valence-corrected chi connectivity index (χ4v) is 3.40. The van der Waals surface area contributed by atoms with Gasteiger partial charge in [-0.15, -0.1) is 0 Å². The van der Waals surface area contributed by atoms with Crippen LogP contribution in [-0.2, 0) is 5.60 Å². The standard InChI is InChI=1S/C18H14N2O4/c1-10(2)11-6-7-12-15(8-11)24-18(9-19)16-13(20(21)22)4-3-5-14(16)23-17(12)18/h3-8,10,17H,1-2H3. The van der Waals surface area contributed by atoms with E-state index in [-0.39, 0.29) is 11.3 Å². The second-order valence-corrected chi connectivity index (χ2v) is 6.31. The normalized spacial score (nSPS) is 22.8. The molecule has 6 nitrogen and oxygen atoms in total. The lowest BCUT2D eigenvalue weighted by molar-refractivity contribution is -0.386. The highest BCUT2D eigenvalue weighted by Gasteiger charge is 2.61. The Morgan fingerprint density at radius 3 is 2.75 bits per heavy atom. The van der Waals surface area contributed by atoms with Gasteiger partial charge in [0.1, 0.15) is 23.1 Å². The van der Waals surface area contributed by atoms with E-state index < -0.39 is 16.6 Å². The number of nitriles is 1. The second kappa shape index (κ2) is 4.71. The van der Waals surface area contributed by atoms with Crippen LogP contribution in [0.25, 0.3) is 0 Å². The number of rotatable bonds is 2. The zero-order valence-corrected chi connectivity index (χ0v) is 13.1. The molecule has 0 bridgehead atoms. The fourth-order valence-electron chi connectivity index (χ4n) is 3.40. The van der Waals surface area contributed by atoms with Crippen LogP contribution in [0.4, 0.5) is 5.69 Å². The molecule has 0 spiro atoms. The Balaban J connectivity index is 1.92. The van der Waals surface area contributed by atoms with Crippen LogP contribution in [0.1, 0.15) is 42.6 Å². The van der Waals surface area contributed by atoms with Gasteiger partial charge in [-0.1, -0.05) is 32.0 Å². The molecule has 2 aromatic rings. The molecule has 2 aromatic carbocycles. The molecule has 2 atom stereocenters. The van der Waals surface area contributed by atoms with Crippen molar-refractivity contribution in [1.29, 1.82) is 5.26 Å². The molecular weight excluding hydrogens is 308 g/mol. The number of nitro groups is 1. The minimum atomic E-state index is -1.52. The number of hydrogen-bond acceptors (Lipinski definition) is 5. The average molecular weight is 322 g/mol. The summed E-state index contributed by atoms with van der Waals surface area (Å²) in [7, 11) is 0. The first-order valence-electron chi connectivity index (χ1n) is 7.66. The predicted octanol–water partition coefficient (Wildman–Crippen LogP) is 3.96. The molecule has 0 aromatic heterocycles. The van der Waals surface area contributed by atoms with Crippen molar-refractivity contribution in [3.63, 3.8) is 0 Å². The summed E-state index contributed by atoms with van der Waals surface area (Å²) in [5, 5.41) is 21.3. The number of hydrogen-bond donors (Lipinski definition) is 0. The summed E-state index contributed by atoms with van der Waals surface area (Å²) < 4.78 is 11.9. The number of nitrogens with zero attached hydrogens (tertiary/aromatic N) is 2. The van der Waals surface area contributed by atoms with E-state index in [2.05, 4.69) is 19.9 Å². The maximum Gasteiger partial charge on any atom is 0.281 e. The van der Waals surface area contributed by atoms with Crippen LogP contribution in [0.2, 0.25) is 0 Å². The summed E-state index contributed by atoms with van der Waals surface area (Å²) in [4.78, 5) is 10.9. The van der Waals surface area contributed by atoms with Crippen molar-refractivity contribution in [2.45, 2.75) is 31.5 Å². The largest absolute Gasteiger partial charge is 0.479 e. The van der Waals surface area contributed by atoms with Crippen LogP contribution in [0.5, 0.6) is 11.5 Å². The molecule has 2 aliphatic rings. The topological polar surface area (TPSA) is 85.4 Å². The van der Waals surface area contributed by atoms with Crippen LogP contribution in [-0.4, -0.2) is 4.92 Å². The number of ether oxygens (including phenoxy) is 2. The third-order valence-electron chi connectivity index (χ3n) is 4.61. The molecule has 0 fully saturated rings. The SMILES string of the molecule is CC(C)c1ccc2c(c1)OC1(C#N)c3c(cccc3[N+](=O)[O-])OC21. The molecule has 0 radical (unpaired) electrons. The fraction of sp³-hybridized carbons (Fsp3) is 0.278. The summed E-state index contributed by atoms with van der Waals surface area (Å²) in [6.07, 6.45) is -0.699. The van der Waals surface area contributed by atoms with E-state index in [4.69, 9.17) is 9.47 Å². The van der Waals surface area contributed by atoms with Crippen LogP contribution in [0.3, 0.4) is 0 Å². The molecule has 24 heavy (non-hydrogen) atoms. The van der Waals surface area contributed by atoms with Gasteiger partial charge in [0.2, 0.25) is 0 Å². The van der Waals surface area contributed by atoms with Crippen LogP contribution < -0.4 is 9.47 Å². The highest BCUT2D eigenvalue weighted by molar-refractivity contribution is 5.64. The highest BCUT2D eigenvalue weighted by atomic mass is 16.6. The number of benzene rings is 2. The molecule has 2 aliphatic heterocycles. The van der Waals surface area contributed by atoms with Gasteiger partial charge in [0.05, 0.1) is 4.92 Å². The lowest BCUT2D eigenvalue weighted by Gasteiger charge is -2.18. The van der Waals surface area contributed by atoms with E-state index in [1.54, 1.807) is 12.1 Å². The summed E-state index contributed by atoms with van der Waals surface area (Å²) in [5.41, 5.74) is 0.339. The van der Waals surface area contributed by atoms with E-state index in [1.165, 1.54) is 6.07 Å². The van der Waals surface area contributed by atoms with Crippen molar-refractivity contribution < 1.29 is 14.4 Å². The van der Waals surface area contributed by atoms with Gasteiger partial charge in [0.15, 0.2) is 6.10 Å². The summed E-state index contributed by atoms with van der Waals surface area (Å²) in [6.45, 7) is 4.13. The van der Waals surface area contributed by atoms with Crippen LogP contribution in [0, 0.1) is 21.4 Å². The molecule has 4 rings (SSSR count). The third-order valence-corrected chi connectivity index (χ3v) is 4.61. The average Bonchev–Trinajstić information content (AvgIpc) is 3.04. The zero-order chi connectivity index (χ0) is 17.1. The summed E-state index contributed by atoms with van der Waals surface area (Å²) in [5.74, 6) is 1.19. The first-order valence-corrected chi connectivity index (χ1v) is 7.66. The Kier molecular flexibility index (Phi) is 2.85. The van der Waals surface area contributed by atoms with Gasteiger partial charge >= 0.3 is 0 Å². The number of fused-ring (bicyclic) bond motifs is 5. The minimum absolute atomic E-state index is 0.159. The predicted molar refractivity (Wildman–Crippen MR) is 84.9 cm³/mol. The molecule has 120 valence electrons. The molecular formula is C18H14N2O4. The maximum absolute atomic E-state index is 11.4. The van der Waals surface area contributed by atoms with Gasteiger partial charge in [0.25, 0.3) is 11.3 Å². The van der Waals surface area contributed by atoms with E-state index >= 15 is 0 Å². The highest BCUT2D eigenvalue weighted by Crippen LogP contribution is 2.59. The van der Waals surface area contributed by atoms with E-state index in [0.717, 1.165) is 11.1 Å². The second-order valence-electron chi connectivity index (χ2n) is 6.31. The smallest absolute Gasteiger partial charge is 0.281 e. The maximum atomic E-state index is 11.4. The van der Waals surface area contributed by atoms with E-state index in [9.17, 15) is 15.4 Å². The lowest BCUT2D eigenvalue weighted by atomic mass is 9.88. The van der Waals surface area contributed by atoms with Gasteiger partial charge in [-0.3, -0.25) is 10.1 Å². The molecule has 0 saturated heterocycles. The quantitative estimate of drug-likeness (QED) is 0.617. The van der Waals surface area contributed by atoms with Crippen LogP contribution in [0.15, 0.2) is 36.4 Å². The van der Waals surface area contributed by atoms with Gasteiger partial charge in [-0.25, -0.2) is 0 Å². The Morgan fingerprint density at radius 2 is 2.08 bits per heavy atom. The number of nitro benzene ring substituents is 1. The first kappa shape index (κ1) is 14.5. The van der Waals surface area contributed by atoms with Gasteiger partial charge in [-0.2, -0.15) is 5.26 Å². The zero-order valence-electron chi connectivity index (χ0n) is 13.1. The molecule has 0 N–H and O–H groups in total. The van der Waals surface area contributed by atoms with E-state index in [0.29, 0.717) is 17.4 Å².